The van der Waals surface area contributed by atoms with Crippen molar-refractivity contribution in [3.63, 3.8) is 0 Å². The van der Waals surface area contributed by atoms with Crippen molar-refractivity contribution in [1.82, 2.24) is 4.98 Å². The molecule has 0 aliphatic heterocycles. The fourth-order valence-corrected chi connectivity index (χ4v) is 3.68. The van der Waals surface area contributed by atoms with Crippen LogP contribution < -0.4 is 5.36 Å². The minimum Gasteiger partial charge on any atom is -0.454 e. The Labute approximate surface area is 163 Å². The zero-order valence-corrected chi connectivity index (χ0v) is 17.0. The first-order valence-corrected chi connectivity index (χ1v) is 9.86. The Kier molecular flexibility index (Phi) is 4.32. The molecule has 3 aromatic heterocycles. The largest absolute Gasteiger partial charge is 0.454 e. The Balaban J connectivity index is 1.94. The summed E-state index contributed by atoms with van der Waals surface area (Å²) in [5.41, 5.74) is 1.13. The van der Waals surface area contributed by atoms with Gasteiger partial charge in [-0.1, -0.05) is 21.1 Å². The summed E-state index contributed by atoms with van der Waals surface area (Å²) < 4.78 is 8.24. The molecule has 0 aliphatic rings. The lowest BCUT2D eigenvalue weighted by Crippen LogP contribution is -2.18. The van der Waals surface area contributed by atoms with Gasteiger partial charge in [-0.25, -0.2) is 0 Å². The molecule has 0 atom stereocenters. The highest BCUT2D eigenvalue weighted by atomic mass is 79.9. The molecule has 0 bridgehead atoms. The van der Waals surface area contributed by atoms with Gasteiger partial charge >= 0.3 is 0 Å². The van der Waals surface area contributed by atoms with E-state index in [0.29, 0.717) is 11.1 Å². The van der Waals surface area contributed by atoms with Crippen LogP contribution in [0.3, 0.4) is 0 Å². The SMILES string of the molecule is CC(C)(C)O/N=c1\cc(-c2cc3sccc3cn2)oc2ccc(Br)cc12. The predicted octanol–water partition coefficient (Wildman–Crippen LogP) is 6.10. The summed E-state index contributed by atoms with van der Waals surface area (Å²) in [5, 5.41) is 9.16. The summed E-state index contributed by atoms with van der Waals surface area (Å²) in [6, 6.07) is 11.8. The number of rotatable bonds is 2. The summed E-state index contributed by atoms with van der Waals surface area (Å²) in [6.07, 6.45) is 1.87. The van der Waals surface area contributed by atoms with Crippen LogP contribution >= 0.6 is 27.3 Å². The third-order valence-corrected chi connectivity index (χ3v) is 5.09. The van der Waals surface area contributed by atoms with Crippen LogP contribution in [0.15, 0.2) is 62.0 Å². The molecule has 0 fully saturated rings. The zero-order chi connectivity index (χ0) is 18.3. The second-order valence-electron chi connectivity index (χ2n) is 6.96. The lowest BCUT2D eigenvalue weighted by Gasteiger charge is -2.15. The smallest absolute Gasteiger partial charge is 0.155 e. The number of aromatic nitrogens is 1. The Hall–Kier alpha value is -2.18. The van der Waals surface area contributed by atoms with Gasteiger partial charge in [0.25, 0.3) is 0 Å². The van der Waals surface area contributed by atoms with E-state index in [9.17, 15) is 0 Å². The van der Waals surface area contributed by atoms with E-state index in [1.807, 2.05) is 57.3 Å². The van der Waals surface area contributed by atoms with Crippen molar-refractivity contribution in [2.75, 3.05) is 0 Å². The zero-order valence-electron chi connectivity index (χ0n) is 14.6. The highest BCUT2D eigenvalue weighted by Gasteiger charge is 2.12. The molecule has 4 nitrogen and oxygen atoms in total. The molecule has 6 heteroatoms. The van der Waals surface area contributed by atoms with Gasteiger partial charge in [0.05, 0.1) is 0 Å². The number of hydrogen-bond acceptors (Lipinski definition) is 5. The number of benzene rings is 1. The van der Waals surface area contributed by atoms with E-state index in [-0.39, 0.29) is 5.60 Å². The van der Waals surface area contributed by atoms with E-state index < -0.39 is 0 Å². The molecule has 0 amide bonds. The van der Waals surface area contributed by atoms with E-state index >= 15 is 0 Å². The van der Waals surface area contributed by atoms with E-state index in [2.05, 4.69) is 37.5 Å². The van der Waals surface area contributed by atoms with Crippen LogP contribution in [0, 0.1) is 0 Å². The number of hydrogen-bond donors (Lipinski definition) is 0. The van der Waals surface area contributed by atoms with Gasteiger partial charge in [-0.3, -0.25) is 4.98 Å². The second-order valence-corrected chi connectivity index (χ2v) is 8.82. The average molecular weight is 429 g/mol. The van der Waals surface area contributed by atoms with E-state index in [1.165, 1.54) is 4.70 Å². The van der Waals surface area contributed by atoms with Crippen molar-refractivity contribution >= 4 is 48.3 Å². The van der Waals surface area contributed by atoms with E-state index in [0.717, 1.165) is 26.5 Å². The van der Waals surface area contributed by atoms with Gasteiger partial charge in [-0.05, 0) is 56.5 Å². The maximum Gasteiger partial charge on any atom is 0.155 e. The number of thiophene rings is 1. The molecule has 26 heavy (non-hydrogen) atoms. The molecule has 0 saturated carbocycles. The third-order valence-electron chi connectivity index (χ3n) is 3.71. The standard InChI is InChI=1S/C20H17BrN2O2S/c1-20(2,3)25-23-15-9-18(24-17-5-4-13(21)8-14(15)17)16-10-19-12(11-22-16)6-7-26-19/h4-11H,1-3H3/b23-15+. The van der Waals surface area contributed by atoms with Crippen LogP contribution in [-0.2, 0) is 4.84 Å². The highest BCUT2D eigenvalue weighted by Crippen LogP contribution is 2.27. The second kappa shape index (κ2) is 6.52. The van der Waals surface area contributed by atoms with Gasteiger partial charge < -0.3 is 9.25 Å². The van der Waals surface area contributed by atoms with Crippen molar-refractivity contribution < 1.29 is 9.25 Å². The molecule has 4 aromatic rings. The molecule has 132 valence electrons. The maximum absolute atomic E-state index is 6.11. The quantitative estimate of drug-likeness (QED) is 0.362. The molecule has 1 aromatic carbocycles. The first-order valence-electron chi connectivity index (χ1n) is 8.18. The lowest BCUT2D eigenvalue weighted by molar-refractivity contribution is -0.00585. The van der Waals surface area contributed by atoms with Gasteiger partial charge in [0, 0.05) is 32.2 Å². The monoisotopic (exact) mass is 428 g/mol. The highest BCUT2D eigenvalue weighted by molar-refractivity contribution is 9.10. The predicted molar refractivity (Wildman–Crippen MR) is 109 cm³/mol. The summed E-state index contributed by atoms with van der Waals surface area (Å²) in [6.45, 7) is 5.90. The normalized spacial score (nSPS) is 12.8. The van der Waals surface area contributed by atoms with Crippen LogP contribution in [0.4, 0.5) is 0 Å². The lowest BCUT2D eigenvalue weighted by atomic mass is 10.2. The number of pyridine rings is 1. The molecule has 0 N–H and O–H groups in total. The molecule has 3 heterocycles. The van der Waals surface area contributed by atoms with Crippen LogP contribution in [0.1, 0.15) is 20.8 Å². The number of nitrogens with zero attached hydrogens (tertiary/aromatic N) is 2. The molecular weight excluding hydrogens is 412 g/mol. The van der Waals surface area contributed by atoms with Gasteiger partial charge in [0.1, 0.15) is 22.2 Å². The van der Waals surface area contributed by atoms with Gasteiger partial charge in [0.2, 0.25) is 0 Å². The fraction of sp³-hybridized carbons (Fsp3) is 0.200. The molecule has 0 saturated heterocycles. The number of halogens is 1. The number of fused-ring (bicyclic) bond motifs is 2. The molecule has 0 radical (unpaired) electrons. The molecule has 4 rings (SSSR count). The van der Waals surface area contributed by atoms with Crippen LogP contribution in [0.2, 0.25) is 0 Å². The summed E-state index contributed by atoms with van der Waals surface area (Å²) >= 11 is 5.19. The first kappa shape index (κ1) is 17.2. The molecular formula is C20H17BrN2O2S. The Morgan fingerprint density at radius 2 is 2.00 bits per heavy atom. The third kappa shape index (κ3) is 3.52. The van der Waals surface area contributed by atoms with Crippen molar-refractivity contribution in [1.29, 1.82) is 0 Å². The Morgan fingerprint density at radius 3 is 2.81 bits per heavy atom. The first-order chi connectivity index (χ1) is 12.4. The molecule has 0 aliphatic carbocycles. The van der Waals surface area contributed by atoms with Crippen LogP contribution in [0.25, 0.3) is 32.5 Å². The minimum absolute atomic E-state index is 0.375. The molecule has 0 spiro atoms. The summed E-state index contributed by atoms with van der Waals surface area (Å²) in [5.74, 6) is 0.659. The average Bonchev–Trinajstić information content (AvgIpc) is 3.06. The minimum atomic E-state index is -0.375. The maximum atomic E-state index is 6.11. The van der Waals surface area contributed by atoms with Crippen molar-refractivity contribution in [2.24, 2.45) is 5.16 Å². The van der Waals surface area contributed by atoms with Gasteiger partial charge in [-0.2, -0.15) is 0 Å². The van der Waals surface area contributed by atoms with Crippen molar-refractivity contribution in [3.8, 4) is 11.5 Å². The van der Waals surface area contributed by atoms with Crippen molar-refractivity contribution in [2.45, 2.75) is 26.4 Å². The Morgan fingerprint density at radius 1 is 1.15 bits per heavy atom. The fourth-order valence-electron chi connectivity index (χ4n) is 2.52. The Bertz CT molecular complexity index is 1170. The molecule has 0 unspecified atom stereocenters. The van der Waals surface area contributed by atoms with E-state index in [1.54, 1.807) is 11.3 Å². The van der Waals surface area contributed by atoms with Crippen molar-refractivity contribution in [3.05, 3.63) is 57.8 Å². The van der Waals surface area contributed by atoms with E-state index in [4.69, 9.17) is 9.25 Å². The topological polar surface area (TPSA) is 47.6 Å². The summed E-state index contributed by atoms with van der Waals surface area (Å²) in [4.78, 5) is 10.2. The van der Waals surface area contributed by atoms with Crippen LogP contribution in [-0.4, -0.2) is 10.6 Å². The van der Waals surface area contributed by atoms with Gasteiger partial charge in [0.15, 0.2) is 5.76 Å². The van der Waals surface area contributed by atoms with Gasteiger partial charge in [-0.15, -0.1) is 11.3 Å². The van der Waals surface area contributed by atoms with Crippen LogP contribution in [0.5, 0.6) is 0 Å². The summed E-state index contributed by atoms with van der Waals surface area (Å²) in [7, 11) is 0.